The third-order valence-corrected chi connectivity index (χ3v) is 8.92. The standard InChI is InChI=1S/C44H68N2.Ni/c1-3-5-7-8-9-10-11-12-13-14-15-16-17-18-19-20-21-22-23-24-25-26-34-40-44(46-42-37-32-28-33-38-42)43(39-29-6-4-2)45-41-35-30-27-31-36-41;/h27-28,30-33,35-38H,3-26,29,39H2,1-2H3;. The Morgan fingerprint density at radius 3 is 1.23 bits per heavy atom. The van der Waals surface area contributed by atoms with E-state index in [2.05, 4.69) is 37.8 Å². The van der Waals surface area contributed by atoms with Gasteiger partial charge in [0.05, 0.1) is 17.1 Å². The van der Waals surface area contributed by atoms with Crippen molar-refractivity contribution in [3.05, 3.63) is 60.7 Å². The summed E-state index contributed by atoms with van der Waals surface area (Å²) in [6.45, 7) is 4.54. The minimum absolute atomic E-state index is 0. The maximum atomic E-state index is 5.02. The van der Waals surface area contributed by atoms with E-state index in [1.807, 2.05) is 48.5 Å². The van der Waals surface area contributed by atoms with E-state index in [0.717, 1.165) is 42.1 Å². The van der Waals surface area contributed by atoms with E-state index in [1.165, 1.54) is 148 Å². The van der Waals surface area contributed by atoms with Crippen LogP contribution in [0.5, 0.6) is 0 Å². The second kappa shape index (κ2) is 32.4. The number of nitrogens with zero attached hydrogens (tertiary/aromatic N) is 2. The van der Waals surface area contributed by atoms with Crippen LogP contribution < -0.4 is 0 Å². The van der Waals surface area contributed by atoms with Crippen molar-refractivity contribution >= 4 is 22.8 Å². The maximum Gasteiger partial charge on any atom is 0.135 e. The van der Waals surface area contributed by atoms with Crippen LogP contribution in [0.1, 0.15) is 181 Å². The summed E-state index contributed by atoms with van der Waals surface area (Å²) in [7, 11) is 0. The molecular formula is C44H68N2Ni. The van der Waals surface area contributed by atoms with E-state index in [0.29, 0.717) is 0 Å². The summed E-state index contributed by atoms with van der Waals surface area (Å²) in [5, 5.41) is 0. The second-order valence-electron chi connectivity index (χ2n) is 13.3. The topological polar surface area (TPSA) is 24.7 Å². The molecule has 2 aromatic rings. The van der Waals surface area contributed by atoms with Gasteiger partial charge >= 0.3 is 0 Å². The molecule has 0 aliphatic carbocycles. The van der Waals surface area contributed by atoms with Crippen molar-refractivity contribution in [3.8, 4) is 11.8 Å². The largest absolute Gasteiger partial charge is 0.251 e. The molecular weight excluding hydrogens is 615 g/mol. The third-order valence-electron chi connectivity index (χ3n) is 8.92. The van der Waals surface area contributed by atoms with Gasteiger partial charge in [0.15, 0.2) is 0 Å². The summed E-state index contributed by atoms with van der Waals surface area (Å²) in [5.41, 5.74) is 3.75. The van der Waals surface area contributed by atoms with Gasteiger partial charge in [-0.3, -0.25) is 4.99 Å². The van der Waals surface area contributed by atoms with Crippen LogP contribution in [-0.2, 0) is 16.5 Å². The van der Waals surface area contributed by atoms with E-state index in [4.69, 9.17) is 9.98 Å². The van der Waals surface area contributed by atoms with Gasteiger partial charge in [0, 0.05) is 22.9 Å². The molecule has 0 amide bonds. The first-order valence-electron chi connectivity index (χ1n) is 19.6. The van der Waals surface area contributed by atoms with Gasteiger partial charge in [0.25, 0.3) is 0 Å². The molecule has 0 heterocycles. The molecule has 2 aromatic carbocycles. The Kier molecular flexibility index (Phi) is 29.5. The molecule has 3 heteroatoms. The Hall–Kier alpha value is -2.17. The van der Waals surface area contributed by atoms with Gasteiger partial charge in [-0.1, -0.05) is 197 Å². The van der Waals surface area contributed by atoms with Crippen molar-refractivity contribution in [2.24, 2.45) is 9.98 Å². The summed E-state index contributed by atoms with van der Waals surface area (Å²) in [4.78, 5) is 9.99. The predicted octanol–water partition coefficient (Wildman–Crippen LogP) is 14.7. The van der Waals surface area contributed by atoms with Crippen LogP contribution in [-0.4, -0.2) is 11.4 Å². The fraction of sp³-hybridized carbons (Fsp3) is 0.636. The zero-order valence-corrected chi connectivity index (χ0v) is 31.4. The van der Waals surface area contributed by atoms with Gasteiger partial charge < -0.3 is 0 Å². The van der Waals surface area contributed by atoms with Crippen LogP contribution in [0.15, 0.2) is 70.6 Å². The van der Waals surface area contributed by atoms with Gasteiger partial charge in [-0.15, -0.1) is 0 Å². The first-order chi connectivity index (χ1) is 22.8. The molecule has 0 saturated heterocycles. The number of hydrogen-bond acceptors (Lipinski definition) is 2. The zero-order valence-electron chi connectivity index (χ0n) is 30.4. The van der Waals surface area contributed by atoms with E-state index < -0.39 is 0 Å². The summed E-state index contributed by atoms with van der Waals surface area (Å²) in [6, 6.07) is 20.5. The van der Waals surface area contributed by atoms with Crippen LogP contribution in [0.25, 0.3) is 0 Å². The van der Waals surface area contributed by atoms with Crippen LogP contribution >= 0.6 is 0 Å². The number of aliphatic imine (C=N–C) groups is 2. The quantitative estimate of drug-likeness (QED) is 0.0369. The average Bonchev–Trinajstić information content (AvgIpc) is 3.08. The Morgan fingerprint density at radius 2 is 0.809 bits per heavy atom. The molecule has 264 valence electrons. The maximum absolute atomic E-state index is 5.02. The SMILES string of the molecule is CCCCCCCCCCCCCCCCCCCCCCCC#CC(=Nc1ccccc1)C(CCCCC)=Nc1ccccc1.[Ni]. The fourth-order valence-corrected chi connectivity index (χ4v) is 6.02. The van der Waals surface area contributed by atoms with Crippen LogP contribution in [0.4, 0.5) is 11.4 Å². The summed E-state index contributed by atoms with van der Waals surface area (Å²) >= 11 is 0. The minimum atomic E-state index is 0. The molecule has 2 rings (SSSR count). The predicted molar refractivity (Wildman–Crippen MR) is 206 cm³/mol. The molecule has 0 aliphatic rings. The minimum Gasteiger partial charge on any atom is -0.251 e. The van der Waals surface area contributed by atoms with Gasteiger partial charge in [-0.05, 0) is 49.4 Å². The van der Waals surface area contributed by atoms with E-state index in [1.54, 1.807) is 0 Å². The normalized spacial score (nSPS) is 11.6. The van der Waals surface area contributed by atoms with Crippen molar-refractivity contribution in [1.82, 2.24) is 0 Å². The van der Waals surface area contributed by atoms with Crippen molar-refractivity contribution in [2.45, 2.75) is 181 Å². The third kappa shape index (κ3) is 24.6. The molecule has 0 fully saturated rings. The van der Waals surface area contributed by atoms with Crippen molar-refractivity contribution in [1.29, 1.82) is 0 Å². The van der Waals surface area contributed by atoms with Crippen LogP contribution in [0, 0.1) is 11.8 Å². The summed E-state index contributed by atoms with van der Waals surface area (Å²) < 4.78 is 0. The number of unbranched alkanes of at least 4 members (excludes halogenated alkanes) is 23. The monoisotopic (exact) mass is 682 g/mol. The number of para-hydroxylation sites is 2. The molecule has 0 aliphatic heterocycles. The number of hydrogen-bond donors (Lipinski definition) is 0. The van der Waals surface area contributed by atoms with E-state index >= 15 is 0 Å². The summed E-state index contributed by atoms with van der Waals surface area (Å²) in [5.74, 6) is 6.91. The number of benzene rings is 2. The molecule has 47 heavy (non-hydrogen) atoms. The van der Waals surface area contributed by atoms with E-state index in [-0.39, 0.29) is 16.5 Å². The molecule has 2 nitrogen and oxygen atoms in total. The molecule has 0 spiro atoms. The Labute approximate surface area is 301 Å². The van der Waals surface area contributed by atoms with Gasteiger partial charge in [0.1, 0.15) is 5.71 Å². The summed E-state index contributed by atoms with van der Waals surface area (Å²) in [6.07, 6.45) is 35.0. The Bertz CT molecular complexity index is 1080. The number of rotatable bonds is 28. The Balaban J connectivity index is 0.0000110. The molecule has 0 unspecified atom stereocenters. The molecule has 0 aromatic heterocycles. The fourth-order valence-electron chi connectivity index (χ4n) is 6.02. The second-order valence-corrected chi connectivity index (χ2v) is 13.3. The van der Waals surface area contributed by atoms with Gasteiger partial charge in [-0.2, -0.15) is 0 Å². The van der Waals surface area contributed by atoms with Gasteiger partial charge in [-0.25, -0.2) is 4.99 Å². The molecule has 0 N–H and O–H groups in total. The molecule has 0 radical (unpaired) electrons. The van der Waals surface area contributed by atoms with Crippen LogP contribution in [0.2, 0.25) is 0 Å². The van der Waals surface area contributed by atoms with E-state index in [9.17, 15) is 0 Å². The molecule has 0 bridgehead atoms. The first kappa shape index (κ1) is 42.9. The Morgan fingerprint density at radius 1 is 0.447 bits per heavy atom. The first-order valence-corrected chi connectivity index (χ1v) is 19.6. The molecule has 0 saturated carbocycles. The smallest absolute Gasteiger partial charge is 0.135 e. The zero-order chi connectivity index (χ0) is 32.6. The van der Waals surface area contributed by atoms with Crippen molar-refractivity contribution in [3.63, 3.8) is 0 Å². The van der Waals surface area contributed by atoms with Crippen LogP contribution in [0.3, 0.4) is 0 Å². The molecule has 0 atom stereocenters. The van der Waals surface area contributed by atoms with Crippen molar-refractivity contribution in [2.75, 3.05) is 0 Å². The van der Waals surface area contributed by atoms with Crippen molar-refractivity contribution < 1.29 is 16.5 Å². The van der Waals surface area contributed by atoms with Gasteiger partial charge in [0.2, 0.25) is 0 Å². The average molecular weight is 684 g/mol.